The van der Waals surface area contributed by atoms with Gasteiger partial charge in [-0.1, -0.05) is 42.0 Å². The predicted molar refractivity (Wildman–Crippen MR) is 113 cm³/mol. The first-order chi connectivity index (χ1) is 14.1. The minimum absolute atomic E-state index is 0.0110. The molecule has 1 fully saturated rings. The van der Waals surface area contributed by atoms with Crippen molar-refractivity contribution in [1.82, 2.24) is 20.0 Å². The van der Waals surface area contributed by atoms with Crippen molar-refractivity contribution in [1.29, 1.82) is 0 Å². The van der Waals surface area contributed by atoms with Crippen molar-refractivity contribution in [3.8, 4) is 17.0 Å². The zero-order valence-corrected chi connectivity index (χ0v) is 16.9. The summed E-state index contributed by atoms with van der Waals surface area (Å²) in [4.78, 5) is 17.1. The predicted octanol–water partition coefficient (Wildman–Crippen LogP) is 3.35. The summed E-state index contributed by atoms with van der Waals surface area (Å²) in [6, 6.07) is 18.1. The number of ether oxygens (including phenoxy) is 1. The molecule has 0 bridgehead atoms. The number of H-pyrrole nitrogens is 1. The number of carbonyl (C=O) groups excluding carboxylic acids is 1. The van der Waals surface area contributed by atoms with E-state index in [1.54, 1.807) is 7.11 Å². The Kier molecular flexibility index (Phi) is 5.62. The zero-order chi connectivity index (χ0) is 20.2. The third-order valence-corrected chi connectivity index (χ3v) is 5.36. The van der Waals surface area contributed by atoms with Crippen LogP contribution in [-0.2, 0) is 6.54 Å². The van der Waals surface area contributed by atoms with E-state index in [9.17, 15) is 4.79 Å². The number of aromatic nitrogens is 2. The second-order valence-electron chi connectivity index (χ2n) is 7.45. The summed E-state index contributed by atoms with van der Waals surface area (Å²) in [6.45, 7) is 6.03. The number of hydrogen-bond donors (Lipinski definition) is 1. The quantitative estimate of drug-likeness (QED) is 0.726. The number of carbonyl (C=O) groups is 1. The van der Waals surface area contributed by atoms with Crippen molar-refractivity contribution in [2.75, 3.05) is 33.3 Å². The maximum absolute atomic E-state index is 12.9. The molecule has 0 saturated carbocycles. The van der Waals surface area contributed by atoms with Gasteiger partial charge in [0.15, 0.2) is 0 Å². The lowest BCUT2D eigenvalue weighted by Crippen LogP contribution is -2.48. The van der Waals surface area contributed by atoms with Crippen molar-refractivity contribution in [3.05, 3.63) is 71.4 Å². The third-order valence-electron chi connectivity index (χ3n) is 5.36. The molecular formula is C23H26N4O2. The summed E-state index contributed by atoms with van der Waals surface area (Å²) in [5, 5.41) is 7.24. The standard InChI is InChI=1S/C23H26N4O2/c1-17-6-8-19(9-7-17)21-15-22(25-24-21)23(28)27-12-10-26(11-13-27)16-18-4-3-5-20(14-18)29-2/h3-9,14-15H,10-13,16H2,1-2H3,(H,24,25). The molecule has 4 rings (SSSR count). The van der Waals surface area contributed by atoms with Crippen LogP contribution in [0.1, 0.15) is 21.6 Å². The van der Waals surface area contributed by atoms with Gasteiger partial charge < -0.3 is 9.64 Å². The molecule has 1 saturated heterocycles. The SMILES string of the molecule is COc1cccc(CN2CCN(C(=O)c3cc(-c4ccc(C)cc4)n[nH]3)CC2)c1. The fourth-order valence-electron chi connectivity index (χ4n) is 3.61. The van der Waals surface area contributed by atoms with Crippen molar-refractivity contribution in [2.24, 2.45) is 0 Å². The molecule has 2 aromatic carbocycles. The van der Waals surface area contributed by atoms with Gasteiger partial charge in [-0.2, -0.15) is 5.10 Å². The molecule has 0 atom stereocenters. The summed E-state index contributed by atoms with van der Waals surface area (Å²) in [5.41, 5.74) is 4.77. The summed E-state index contributed by atoms with van der Waals surface area (Å²) in [5.74, 6) is 0.886. The van der Waals surface area contributed by atoms with Crippen molar-refractivity contribution < 1.29 is 9.53 Å². The molecular weight excluding hydrogens is 364 g/mol. The molecule has 6 nitrogen and oxygen atoms in total. The van der Waals surface area contributed by atoms with Gasteiger partial charge in [0.1, 0.15) is 11.4 Å². The first-order valence-corrected chi connectivity index (χ1v) is 9.89. The molecule has 6 heteroatoms. The fraction of sp³-hybridized carbons (Fsp3) is 0.304. The van der Waals surface area contributed by atoms with Gasteiger partial charge in [-0.3, -0.25) is 14.8 Å². The fourth-order valence-corrected chi connectivity index (χ4v) is 3.61. The van der Waals surface area contributed by atoms with Crippen LogP contribution in [0.5, 0.6) is 5.75 Å². The molecule has 2 heterocycles. The van der Waals surface area contributed by atoms with Gasteiger partial charge in [0.2, 0.25) is 0 Å². The lowest BCUT2D eigenvalue weighted by atomic mass is 10.1. The number of rotatable bonds is 5. The molecule has 0 aliphatic carbocycles. The minimum atomic E-state index is 0.0110. The average molecular weight is 390 g/mol. The summed E-state index contributed by atoms with van der Waals surface area (Å²) in [6.07, 6.45) is 0. The molecule has 29 heavy (non-hydrogen) atoms. The molecule has 1 N–H and O–H groups in total. The van der Waals surface area contributed by atoms with E-state index in [1.165, 1.54) is 11.1 Å². The number of amides is 1. The van der Waals surface area contributed by atoms with Gasteiger partial charge in [0, 0.05) is 38.3 Å². The van der Waals surface area contributed by atoms with Crippen LogP contribution in [0.15, 0.2) is 54.6 Å². The van der Waals surface area contributed by atoms with Crippen LogP contribution in [0.3, 0.4) is 0 Å². The third kappa shape index (κ3) is 4.49. The molecule has 150 valence electrons. The van der Waals surface area contributed by atoms with E-state index in [0.29, 0.717) is 18.8 Å². The minimum Gasteiger partial charge on any atom is -0.497 e. The smallest absolute Gasteiger partial charge is 0.271 e. The van der Waals surface area contributed by atoms with Crippen molar-refractivity contribution in [2.45, 2.75) is 13.5 Å². The number of nitrogens with zero attached hydrogens (tertiary/aromatic N) is 3. The van der Waals surface area contributed by atoms with E-state index in [1.807, 2.05) is 47.4 Å². The largest absolute Gasteiger partial charge is 0.497 e. The normalized spacial score (nSPS) is 14.8. The lowest BCUT2D eigenvalue weighted by Gasteiger charge is -2.34. The van der Waals surface area contributed by atoms with Gasteiger partial charge in [-0.05, 0) is 30.7 Å². The summed E-state index contributed by atoms with van der Waals surface area (Å²) < 4.78 is 5.30. The number of nitrogens with one attached hydrogen (secondary N) is 1. The van der Waals surface area contributed by atoms with E-state index in [4.69, 9.17) is 4.74 Å². The Balaban J connectivity index is 1.35. The average Bonchev–Trinajstić information content (AvgIpc) is 3.25. The van der Waals surface area contributed by atoms with Gasteiger partial charge in [0.25, 0.3) is 5.91 Å². The van der Waals surface area contributed by atoms with Gasteiger partial charge in [-0.15, -0.1) is 0 Å². The summed E-state index contributed by atoms with van der Waals surface area (Å²) in [7, 11) is 1.68. The monoisotopic (exact) mass is 390 g/mol. The van der Waals surface area contributed by atoms with Crippen LogP contribution in [0.2, 0.25) is 0 Å². The van der Waals surface area contributed by atoms with E-state index < -0.39 is 0 Å². The summed E-state index contributed by atoms with van der Waals surface area (Å²) >= 11 is 0. The Morgan fingerprint density at radius 2 is 1.83 bits per heavy atom. The highest BCUT2D eigenvalue weighted by Crippen LogP contribution is 2.20. The van der Waals surface area contributed by atoms with E-state index in [0.717, 1.165) is 36.6 Å². The Bertz CT molecular complexity index is 973. The van der Waals surface area contributed by atoms with Crippen LogP contribution >= 0.6 is 0 Å². The van der Waals surface area contributed by atoms with Crippen LogP contribution in [-0.4, -0.2) is 59.2 Å². The van der Waals surface area contributed by atoms with Crippen LogP contribution < -0.4 is 4.74 Å². The number of aryl methyl sites for hydroxylation is 1. The highest BCUT2D eigenvalue weighted by atomic mass is 16.5. The van der Waals surface area contributed by atoms with Crippen LogP contribution in [0.4, 0.5) is 0 Å². The van der Waals surface area contributed by atoms with Crippen LogP contribution in [0.25, 0.3) is 11.3 Å². The molecule has 0 unspecified atom stereocenters. The molecule has 1 amide bonds. The molecule has 0 radical (unpaired) electrons. The number of aromatic amines is 1. The van der Waals surface area contributed by atoms with E-state index in [-0.39, 0.29) is 5.91 Å². The van der Waals surface area contributed by atoms with E-state index >= 15 is 0 Å². The second kappa shape index (κ2) is 8.49. The van der Waals surface area contributed by atoms with Crippen molar-refractivity contribution >= 4 is 5.91 Å². The number of hydrogen-bond acceptors (Lipinski definition) is 4. The Hall–Kier alpha value is -3.12. The molecule has 1 aromatic heterocycles. The highest BCUT2D eigenvalue weighted by molar-refractivity contribution is 5.93. The first-order valence-electron chi connectivity index (χ1n) is 9.89. The molecule has 1 aliphatic rings. The maximum Gasteiger partial charge on any atom is 0.271 e. The van der Waals surface area contributed by atoms with Crippen molar-refractivity contribution in [3.63, 3.8) is 0 Å². The Morgan fingerprint density at radius 1 is 1.07 bits per heavy atom. The molecule has 1 aliphatic heterocycles. The molecule has 3 aromatic rings. The second-order valence-corrected chi connectivity index (χ2v) is 7.45. The number of benzene rings is 2. The number of piperazine rings is 1. The lowest BCUT2D eigenvalue weighted by molar-refractivity contribution is 0.0622. The first kappa shape index (κ1) is 19.2. The maximum atomic E-state index is 12.9. The zero-order valence-electron chi connectivity index (χ0n) is 16.9. The van der Waals surface area contributed by atoms with Gasteiger partial charge >= 0.3 is 0 Å². The number of methoxy groups -OCH3 is 1. The molecule has 0 spiro atoms. The highest BCUT2D eigenvalue weighted by Gasteiger charge is 2.23. The Morgan fingerprint density at radius 3 is 2.55 bits per heavy atom. The van der Waals surface area contributed by atoms with Crippen LogP contribution in [0, 0.1) is 6.92 Å². The van der Waals surface area contributed by atoms with Gasteiger partial charge in [-0.25, -0.2) is 0 Å². The topological polar surface area (TPSA) is 61.5 Å². The Labute approximate surface area is 171 Å². The van der Waals surface area contributed by atoms with Gasteiger partial charge in [0.05, 0.1) is 12.8 Å². The van der Waals surface area contributed by atoms with E-state index in [2.05, 4.69) is 34.2 Å².